The van der Waals surface area contributed by atoms with Crippen molar-refractivity contribution in [1.82, 2.24) is 14.9 Å². The van der Waals surface area contributed by atoms with Crippen LogP contribution in [0, 0.1) is 0 Å². The van der Waals surface area contributed by atoms with Gasteiger partial charge in [0.25, 0.3) is 5.91 Å². The van der Waals surface area contributed by atoms with Crippen LogP contribution in [0.3, 0.4) is 0 Å². The molecule has 0 aliphatic carbocycles. The maximum Gasteiger partial charge on any atom is 0.417 e. The molecule has 0 radical (unpaired) electrons. The van der Waals surface area contributed by atoms with Crippen molar-refractivity contribution in [2.24, 2.45) is 0 Å². The molecular weight excluding hydrogens is 465 g/mol. The Morgan fingerprint density at radius 3 is 2.73 bits per heavy atom. The summed E-state index contributed by atoms with van der Waals surface area (Å²) in [4.78, 5) is 25.1. The lowest BCUT2D eigenvalue weighted by atomic mass is 10.0. The van der Waals surface area contributed by atoms with Crippen LogP contribution in [0.1, 0.15) is 39.8 Å². The fourth-order valence-corrected chi connectivity index (χ4v) is 4.45. The summed E-state index contributed by atoms with van der Waals surface area (Å²) < 4.78 is 45.0. The first kappa shape index (κ1) is 21.0. The van der Waals surface area contributed by atoms with Crippen LogP contribution in [0.2, 0.25) is 0 Å². The molecule has 2 aromatic heterocycles. The van der Waals surface area contributed by atoms with Gasteiger partial charge in [0.05, 0.1) is 40.5 Å². The van der Waals surface area contributed by atoms with E-state index in [1.165, 1.54) is 0 Å². The first-order valence-corrected chi connectivity index (χ1v) is 10.3. The predicted molar refractivity (Wildman–Crippen MR) is 107 cm³/mol. The van der Waals surface area contributed by atoms with E-state index in [2.05, 4.69) is 20.9 Å². The normalized spacial score (nSPS) is 17.2. The molecule has 1 amide bonds. The van der Waals surface area contributed by atoms with Crippen LogP contribution in [0.15, 0.2) is 22.8 Å². The first-order chi connectivity index (χ1) is 14.2. The molecule has 4 heterocycles. The molecule has 0 fully saturated rings. The summed E-state index contributed by atoms with van der Waals surface area (Å²) in [5.74, 6) is 0.517. The monoisotopic (exact) mass is 484 g/mol. The molecule has 4 rings (SSSR count). The number of methoxy groups -OCH3 is 1. The standard InChI is InChI=1S/C20H20BrF3N4O2/c1-11(10-30-2)28-9-17-14(19(28)29)6-15(21)18(26-17)27-4-3-16-12(8-27)5-13(7-25-16)20(22,23)24/h5-7,11H,3-4,8-10H2,1-2H3/t11-/m0/s1. The molecule has 1 atom stereocenters. The van der Waals surface area contributed by atoms with Gasteiger partial charge in [-0.25, -0.2) is 4.98 Å². The molecular formula is C20H20BrF3N4O2. The topological polar surface area (TPSA) is 58.6 Å². The van der Waals surface area contributed by atoms with E-state index in [-0.39, 0.29) is 18.5 Å². The Morgan fingerprint density at radius 1 is 1.27 bits per heavy atom. The average molecular weight is 485 g/mol. The minimum Gasteiger partial charge on any atom is -0.383 e. The molecule has 6 nitrogen and oxygen atoms in total. The number of rotatable bonds is 4. The van der Waals surface area contributed by atoms with Crippen molar-refractivity contribution in [3.63, 3.8) is 0 Å². The highest BCUT2D eigenvalue weighted by Crippen LogP contribution is 2.35. The summed E-state index contributed by atoms with van der Waals surface area (Å²) in [6.45, 7) is 3.56. The molecule has 30 heavy (non-hydrogen) atoms. The predicted octanol–water partition coefficient (Wildman–Crippen LogP) is 3.81. The van der Waals surface area contributed by atoms with Crippen molar-refractivity contribution in [2.45, 2.75) is 38.7 Å². The van der Waals surface area contributed by atoms with Gasteiger partial charge in [-0.2, -0.15) is 13.2 Å². The van der Waals surface area contributed by atoms with Gasteiger partial charge in [-0.1, -0.05) is 0 Å². The van der Waals surface area contributed by atoms with Crippen molar-refractivity contribution in [2.75, 3.05) is 25.2 Å². The molecule has 10 heteroatoms. The zero-order valence-electron chi connectivity index (χ0n) is 16.5. The van der Waals surface area contributed by atoms with E-state index in [4.69, 9.17) is 9.72 Å². The molecule has 2 aliphatic heterocycles. The highest BCUT2D eigenvalue weighted by molar-refractivity contribution is 9.10. The number of nitrogens with zero attached hydrogens (tertiary/aromatic N) is 4. The van der Waals surface area contributed by atoms with E-state index in [0.29, 0.717) is 58.9 Å². The van der Waals surface area contributed by atoms with Crippen molar-refractivity contribution in [3.05, 3.63) is 50.9 Å². The first-order valence-electron chi connectivity index (χ1n) is 9.48. The maximum absolute atomic E-state index is 13.1. The highest BCUT2D eigenvalue weighted by Gasteiger charge is 2.35. The molecule has 0 spiro atoms. The molecule has 2 aliphatic rings. The lowest BCUT2D eigenvalue weighted by Gasteiger charge is -2.30. The van der Waals surface area contributed by atoms with Gasteiger partial charge in [0.15, 0.2) is 0 Å². The summed E-state index contributed by atoms with van der Waals surface area (Å²) in [6.07, 6.45) is -3.02. The van der Waals surface area contributed by atoms with Gasteiger partial charge >= 0.3 is 6.18 Å². The number of fused-ring (bicyclic) bond motifs is 2. The van der Waals surface area contributed by atoms with Crippen molar-refractivity contribution in [3.8, 4) is 0 Å². The number of amides is 1. The highest BCUT2D eigenvalue weighted by atomic mass is 79.9. The summed E-state index contributed by atoms with van der Waals surface area (Å²) in [5, 5.41) is 0. The molecule has 0 N–H and O–H groups in total. The van der Waals surface area contributed by atoms with Gasteiger partial charge in [0, 0.05) is 38.5 Å². The summed E-state index contributed by atoms with van der Waals surface area (Å²) in [5.41, 5.74) is 1.65. The number of pyridine rings is 2. The quantitative estimate of drug-likeness (QED) is 0.660. The fraction of sp³-hybridized carbons (Fsp3) is 0.450. The number of hydrogen-bond donors (Lipinski definition) is 0. The van der Waals surface area contributed by atoms with Crippen LogP contribution in [-0.4, -0.2) is 47.1 Å². The summed E-state index contributed by atoms with van der Waals surface area (Å²) in [6, 6.07) is 2.82. The number of hydrogen-bond acceptors (Lipinski definition) is 5. The van der Waals surface area contributed by atoms with Crippen LogP contribution in [-0.2, 0) is 30.4 Å². The lowest BCUT2D eigenvalue weighted by Crippen LogP contribution is -2.36. The Morgan fingerprint density at radius 2 is 2.03 bits per heavy atom. The van der Waals surface area contributed by atoms with Gasteiger partial charge in [-0.05, 0) is 40.5 Å². The van der Waals surface area contributed by atoms with Gasteiger partial charge in [-0.3, -0.25) is 9.78 Å². The van der Waals surface area contributed by atoms with Crippen molar-refractivity contribution in [1.29, 1.82) is 0 Å². The van der Waals surface area contributed by atoms with Gasteiger partial charge in [0.1, 0.15) is 5.82 Å². The number of carbonyl (C=O) groups is 1. The van der Waals surface area contributed by atoms with E-state index in [0.717, 1.165) is 12.3 Å². The van der Waals surface area contributed by atoms with E-state index in [9.17, 15) is 18.0 Å². The van der Waals surface area contributed by atoms with Crippen molar-refractivity contribution < 1.29 is 22.7 Å². The lowest BCUT2D eigenvalue weighted by molar-refractivity contribution is -0.137. The Labute approximate surface area is 180 Å². The zero-order valence-corrected chi connectivity index (χ0v) is 18.0. The van der Waals surface area contributed by atoms with Gasteiger partial charge < -0.3 is 14.5 Å². The number of anilines is 1. The van der Waals surface area contributed by atoms with Crippen LogP contribution < -0.4 is 4.90 Å². The maximum atomic E-state index is 13.1. The zero-order chi connectivity index (χ0) is 21.6. The second kappa shape index (κ2) is 7.81. The Kier molecular flexibility index (Phi) is 5.48. The van der Waals surface area contributed by atoms with E-state index >= 15 is 0 Å². The largest absolute Gasteiger partial charge is 0.417 e. The molecule has 0 unspecified atom stereocenters. The van der Waals surface area contributed by atoms with E-state index in [1.807, 2.05) is 11.8 Å². The number of halogens is 4. The van der Waals surface area contributed by atoms with Crippen LogP contribution in [0.5, 0.6) is 0 Å². The van der Waals surface area contributed by atoms with Gasteiger partial charge in [-0.15, -0.1) is 0 Å². The van der Waals surface area contributed by atoms with Crippen molar-refractivity contribution >= 4 is 27.7 Å². The number of carbonyl (C=O) groups excluding carboxylic acids is 1. The number of alkyl halides is 3. The fourth-order valence-electron chi connectivity index (χ4n) is 3.88. The Bertz CT molecular complexity index is 999. The minimum atomic E-state index is -4.43. The van der Waals surface area contributed by atoms with Crippen LogP contribution in [0.25, 0.3) is 0 Å². The van der Waals surface area contributed by atoms with E-state index < -0.39 is 11.7 Å². The van der Waals surface area contributed by atoms with Crippen LogP contribution in [0.4, 0.5) is 19.0 Å². The summed E-state index contributed by atoms with van der Waals surface area (Å²) in [7, 11) is 1.59. The Hall–Kier alpha value is -2.20. The Balaban J connectivity index is 1.61. The average Bonchev–Trinajstić information content (AvgIpc) is 3.02. The SMILES string of the molecule is COC[C@H](C)N1Cc2nc(N3CCc4ncc(C(F)(F)F)cc4C3)c(Br)cc2C1=O. The molecule has 2 aromatic rings. The summed E-state index contributed by atoms with van der Waals surface area (Å²) >= 11 is 3.49. The number of aromatic nitrogens is 2. The molecule has 0 bridgehead atoms. The second-order valence-electron chi connectivity index (χ2n) is 7.52. The molecule has 0 aromatic carbocycles. The third kappa shape index (κ3) is 3.78. The van der Waals surface area contributed by atoms with Gasteiger partial charge in [0.2, 0.25) is 0 Å². The molecule has 0 saturated heterocycles. The second-order valence-corrected chi connectivity index (χ2v) is 8.38. The number of ether oxygens (including phenoxy) is 1. The third-order valence-corrected chi connectivity index (χ3v) is 6.04. The molecule has 160 valence electrons. The molecule has 0 saturated carbocycles. The minimum absolute atomic E-state index is 0.0901. The van der Waals surface area contributed by atoms with E-state index in [1.54, 1.807) is 18.1 Å². The van der Waals surface area contributed by atoms with Crippen LogP contribution >= 0.6 is 15.9 Å². The third-order valence-electron chi connectivity index (χ3n) is 5.45. The smallest absolute Gasteiger partial charge is 0.383 e.